The van der Waals surface area contributed by atoms with Gasteiger partial charge in [-0.15, -0.1) is 0 Å². The molecule has 1 aromatic rings. The van der Waals surface area contributed by atoms with Gasteiger partial charge < -0.3 is 10.0 Å². The Bertz CT molecular complexity index is 545. The zero-order valence-electron chi connectivity index (χ0n) is 10.9. The lowest BCUT2D eigenvalue weighted by Gasteiger charge is -2.50. The summed E-state index contributed by atoms with van der Waals surface area (Å²) in [5.74, 6) is 0.166. The molecule has 18 heavy (non-hydrogen) atoms. The first kappa shape index (κ1) is 13.4. The third-order valence-electron chi connectivity index (χ3n) is 3.61. The number of hydrogen-bond donors (Lipinski definition) is 1. The van der Waals surface area contributed by atoms with Gasteiger partial charge in [-0.1, -0.05) is 26.0 Å². The van der Waals surface area contributed by atoms with Crippen LogP contribution < -0.4 is 4.90 Å². The Hall–Kier alpha value is -1.07. The third-order valence-corrected chi connectivity index (χ3v) is 4.75. The molecule has 0 radical (unpaired) electrons. The number of benzene rings is 1. The van der Waals surface area contributed by atoms with E-state index in [-0.39, 0.29) is 5.92 Å². The zero-order chi connectivity index (χ0) is 13.6. The van der Waals surface area contributed by atoms with Crippen LogP contribution in [0.4, 0.5) is 5.69 Å². The van der Waals surface area contributed by atoms with Gasteiger partial charge in [0.05, 0.1) is 10.6 Å². The summed E-state index contributed by atoms with van der Waals surface area (Å²) in [5, 5.41) is 10.2. The van der Waals surface area contributed by atoms with Crippen molar-refractivity contribution in [2.24, 2.45) is 5.92 Å². The van der Waals surface area contributed by atoms with Crippen molar-refractivity contribution in [3.05, 3.63) is 24.3 Å². The standard InChI is InChI=1S/C13H19NO3S/c1-10(2)13(15)8-14(9-13)11-6-4-5-7-12(11)18(3,16)17/h4-7,10,15H,8-9H2,1-3H3. The molecule has 0 amide bonds. The summed E-state index contributed by atoms with van der Waals surface area (Å²) in [6.07, 6.45) is 1.21. The first-order valence-corrected chi connectivity index (χ1v) is 7.89. The van der Waals surface area contributed by atoms with Crippen molar-refractivity contribution >= 4 is 15.5 Å². The monoisotopic (exact) mass is 269 g/mol. The molecular weight excluding hydrogens is 250 g/mol. The van der Waals surface area contributed by atoms with E-state index in [0.717, 1.165) is 0 Å². The minimum absolute atomic E-state index is 0.166. The SMILES string of the molecule is CC(C)C1(O)CN(c2ccccc2S(C)(=O)=O)C1. The molecule has 0 aromatic heterocycles. The molecule has 100 valence electrons. The van der Waals surface area contributed by atoms with Gasteiger partial charge >= 0.3 is 0 Å². The molecule has 1 saturated heterocycles. The maximum atomic E-state index is 11.7. The average molecular weight is 269 g/mol. The van der Waals surface area contributed by atoms with Crippen molar-refractivity contribution in [2.45, 2.75) is 24.3 Å². The molecule has 1 heterocycles. The van der Waals surface area contributed by atoms with Gasteiger partial charge in [-0.3, -0.25) is 0 Å². The van der Waals surface area contributed by atoms with Crippen molar-refractivity contribution in [1.29, 1.82) is 0 Å². The maximum Gasteiger partial charge on any atom is 0.177 e. The molecule has 2 rings (SSSR count). The molecule has 1 aliphatic rings. The highest BCUT2D eigenvalue weighted by Gasteiger charge is 2.44. The van der Waals surface area contributed by atoms with E-state index in [1.807, 2.05) is 24.8 Å². The third kappa shape index (κ3) is 2.24. The van der Waals surface area contributed by atoms with Crippen LogP contribution in [0.2, 0.25) is 0 Å². The Morgan fingerprint density at radius 1 is 1.28 bits per heavy atom. The Balaban J connectivity index is 2.28. The van der Waals surface area contributed by atoms with Gasteiger partial charge in [0.25, 0.3) is 0 Å². The number of para-hydroxylation sites is 1. The summed E-state index contributed by atoms with van der Waals surface area (Å²) in [6, 6.07) is 6.93. The fraction of sp³-hybridized carbons (Fsp3) is 0.538. The first-order valence-electron chi connectivity index (χ1n) is 6.00. The van der Waals surface area contributed by atoms with Crippen LogP contribution in [0.3, 0.4) is 0 Å². The van der Waals surface area contributed by atoms with E-state index in [0.29, 0.717) is 23.7 Å². The molecule has 1 aliphatic heterocycles. The van der Waals surface area contributed by atoms with Crippen LogP contribution in [-0.4, -0.2) is 38.5 Å². The Labute approximate surface area is 108 Å². The summed E-state index contributed by atoms with van der Waals surface area (Å²) < 4.78 is 23.4. The van der Waals surface area contributed by atoms with E-state index in [1.54, 1.807) is 18.2 Å². The van der Waals surface area contributed by atoms with Crippen LogP contribution in [-0.2, 0) is 9.84 Å². The van der Waals surface area contributed by atoms with Crippen LogP contribution in [0.1, 0.15) is 13.8 Å². The number of rotatable bonds is 3. The number of nitrogens with zero attached hydrogens (tertiary/aromatic N) is 1. The van der Waals surface area contributed by atoms with E-state index < -0.39 is 15.4 Å². The van der Waals surface area contributed by atoms with Crippen LogP contribution in [0.25, 0.3) is 0 Å². The topological polar surface area (TPSA) is 57.6 Å². The summed E-state index contributed by atoms with van der Waals surface area (Å²) in [7, 11) is -3.24. The summed E-state index contributed by atoms with van der Waals surface area (Å²) in [4.78, 5) is 2.24. The molecule has 1 N–H and O–H groups in total. The molecule has 0 bridgehead atoms. The second-order valence-corrected chi connectivity index (χ2v) is 7.34. The summed E-state index contributed by atoms with van der Waals surface area (Å²) >= 11 is 0. The van der Waals surface area contributed by atoms with E-state index in [2.05, 4.69) is 0 Å². The maximum absolute atomic E-state index is 11.7. The predicted molar refractivity (Wildman–Crippen MR) is 71.6 cm³/mol. The van der Waals surface area contributed by atoms with Crippen molar-refractivity contribution in [3.8, 4) is 0 Å². The first-order chi connectivity index (χ1) is 8.24. The molecule has 0 aliphatic carbocycles. The zero-order valence-corrected chi connectivity index (χ0v) is 11.7. The number of hydrogen-bond acceptors (Lipinski definition) is 4. The molecule has 0 unspecified atom stereocenters. The van der Waals surface area contributed by atoms with Gasteiger partial charge in [0.1, 0.15) is 5.60 Å². The highest BCUT2D eigenvalue weighted by Crippen LogP contribution is 2.35. The molecule has 5 heteroatoms. The van der Waals surface area contributed by atoms with Gasteiger partial charge in [0, 0.05) is 19.3 Å². The average Bonchev–Trinajstić information content (AvgIpc) is 2.23. The predicted octanol–water partition coefficient (Wildman–Crippen LogP) is 1.30. The van der Waals surface area contributed by atoms with E-state index >= 15 is 0 Å². The van der Waals surface area contributed by atoms with E-state index in [4.69, 9.17) is 0 Å². The van der Waals surface area contributed by atoms with Gasteiger partial charge in [-0.05, 0) is 18.1 Å². The second kappa shape index (κ2) is 4.24. The van der Waals surface area contributed by atoms with E-state index in [1.165, 1.54) is 6.26 Å². The van der Waals surface area contributed by atoms with Crippen LogP contribution in [0, 0.1) is 5.92 Å². The lowest BCUT2D eigenvalue weighted by molar-refractivity contribution is -0.0303. The molecule has 0 saturated carbocycles. The lowest BCUT2D eigenvalue weighted by Crippen LogP contribution is -2.65. The van der Waals surface area contributed by atoms with Crippen LogP contribution in [0.15, 0.2) is 29.2 Å². The Morgan fingerprint density at radius 2 is 1.83 bits per heavy atom. The van der Waals surface area contributed by atoms with Crippen LogP contribution in [0.5, 0.6) is 0 Å². The number of sulfone groups is 1. The molecular formula is C13H19NO3S. The van der Waals surface area contributed by atoms with Crippen molar-refractivity contribution in [1.82, 2.24) is 0 Å². The largest absolute Gasteiger partial charge is 0.386 e. The smallest absolute Gasteiger partial charge is 0.177 e. The number of β-amino-alcohol motifs (C(OH)–C–C–N with tert-alkyl or cyclic N) is 1. The molecule has 1 fully saturated rings. The molecule has 0 atom stereocenters. The van der Waals surface area contributed by atoms with Crippen molar-refractivity contribution in [3.63, 3.8) is 0 Å². The fourth-order valence-electron chi connectivity index (χ4n) is 2.18. The summed E-state index contributed by atoms with van der Waals surface area (Å²) in [6.45, 7) is 4.91. The minimum atomic E-state index is -3.24. The highest BCUT2D eigenvalue weighted by atomic mass is 32.2. The molecule has 0 spiro atoms. The van der Waals surface area contributed by atoms with E-state index in [9.17, 15) is 13.5 Å². The van der Waals surface area contributed by atoms with Gasteiger partial charge in [-0.2, -0.15) is 0 Å². The minimum Gasteiger partial charge on any atom is -0.386 e. The van der Waals surface area contributed by atoms with Gasteiger partial charge in [-0.25, -0.2) is 8.42 Å². The molecule has 1 aromatic carbocycles. The normalized spacial score (nSPS) is 18.8. The number of anilines is 1. The van der Waals surface area contributed by atoms with Crippen molar-refractivity contribution in [2.75, 3.05) is 24.2 Å². The fourth-order valence-corrected chi connectivity index (χ4v) is 3.08. The Morgan fingerprint density at radius 3 is 2.33 bits per heavy atom. The summed E-state index contributed by atoms with van der Waals surface area (Å²) in [5.41, 5.74) is -0.0183. The van der Waals surface area contributed by atoms with Crippen molar-refractivity contribution < 1.29 is 13.5 Å². The molecule has 4 nitrogen and oxygen atoms in total. The lowest BCUT2D eigenvalue weighted by atomic mass is 9.82. The number of aliphatic hydroxyl groups is 1. The quantitative estimate of drug-likeness (QED) is 0.898. The highest BCUT2D eigenvalue weighted by molar-refractivity contribution is 7.90. The van der Waals surface area contributed by atoms with Gasteiger partial charge in [0.2, 0.25) is 0 Å². The Kier molecular flexibility index (Phi) is 3.15. The van der Waals surface area contributed by atoms with Crippen LogP contribution >= 0.6 is 0 Å². The van der Waals surface area contributed by atoms with Gasteiger partial charge in [0.15, 0.2) is 9.84 Å². The second-order valence-electron chi connectivity index (χ2n) is 5.35.